The zero-order valence-electron chi connectivity index (χ0n) is 14.8. The van der Waals surface area contributed by atoms with Gasteiger partial charge in [-0.1, -0.05) is 43.9 Å². The van der Waals surface area contributed by atoms with Gasteiger partial charge in [0, 0.05) is 9.52 Å². The van der Waals surface area contributed by atoms with E-state index in [0.29, 0.717) is 18.8 Å². The van der Waals surface area contributed by atoms with Gasteiger partial charge in [0.05, 0.1) is 6.10 Å². The van der Waals surface area contributed by atoms with Gasteiger partial charge in [-0.05, 0) is 62.8 Å². The molecule has 0 heterocycles. The summed E-state index contributed by atoms with van der Waals surface area (Å²) >= 11 is 0. The van der Waals surface area contributed by atoms with Gasteiger partial charge in [0.15, 0.2) is 0 Å². The van der Waals surface area contributed by atoms with Crippen LogP contribution in [-0.2, 0) is 4.74 Å². The first-order valence-electron chi connectivity index (χ1n) is 9.55. The van der Waals surface area contributed by atoms with Crippen molar-refractivity contribution < 1.29 is 17.9 Å². The second kappa shape index (κ2) is 10.0. The number of halogens is 3. The third-order valence-electron chi connectivity index (χ3n) is 5.61. The van der Waals surface area contributed by atoms with Gasteiger partial charge in [-0.3, -0.25) is 4.74 Å². The molecule has 0 saturated heterocycles. The van der Waals surface area contributed by atoms with Crippen LogP contribution in [0.15, 0.2) is 12.2 Å². The fourth-order valence-corrected chi connectivity index (χ4v) is 5.95. The van der Waals surface area contributed by atoms with Crippen LogP contribution in [0.5, 0.6) is 0 Å². The highest BCUT2D eigenvalue weighted by Crippen LogP contribution is 2.37. The van der Waals surface area contributed by atoms with Crippen LogP contribution >= 0.6 is 0 Å². The molecule has 0 aromatic rings. The number of ether oxygens (including phenoxy) is 1. The van der Waals surface area contributed by atoms with Crippen LogP contribution in [0.1, 0.15) is 71.1 Å². The number of alkyl halides is 3. The molecule has 0 spiro atoms. The topological polar surface area (TPSA) is 9.23 Å². The van der Waals surface area contributed by atoms with Crippen LogP contribution in [0.2, 0.25) is 11.6 Å². The summed E-state index contributed by atoms with van der Waals surface area (Å²) in [6, 6.07) is 1.23. The summed E-state index contributed by atoms with van der Waals surface area (Å²) < 4.78 is 40.9. The Bertz CT molecular complexity index is 367. The second-order valence-electron chi connectivity index (χ2n) is 7.48. The largest absolute Gasteiger partial charge is 0.522 e. The van der Waals surface area contributed by atoms with Crippen LogP contribution < -0.4 is 0 Å². The smallest absolute Gasteiger partial charge is 0.289 e. The Hall–Kier alpha value is -0.293. The minimum absolute atomic E-state index is 0.576. The molecule has 0 aliphatic heterocycles. The van der Waals surface area contributed by atoms with Crippen molar-refractivity contribution in [1.29, 1.82) is 0 Å². The van der Waals surface area contributed by atoms with E-state index < -0.39 is 12.5 Å². The van der Waals surface area contributed by atoms with Crippen molar-refractivity contribution >= 4 is 9.52 Å². The van der Waals surface area contributed by atoms with Crippen LogP contribution in [0.25, 0.3) is 0 Å². The average Bonchev–Trinajstić information content (AvgIpc) is 2.54. The summed E-state index contributed by atoms with van der Waals surface area (Å²) in [6.07, 6.45) is 10.4. The van der Waals surface area contributed by atoms with E-state index in [-0.39, 0.29) is 0 Å². The molecule has 2 saturated carbocycles. The average molecular weight is 361 g/mol. The van der Waals surface area contributed by atoms with E-state index in [2.05, 4.69) is 23.8 Å². The van der Waals surface area contributed by atoms with Crippen molar-refractivity contribution in [2.75, 3.05) is 0 Å². The Morgan fingerprint density at radius 1 is 0.958 bits per heavy atom. The molecule has 0 unspecified atom stereocenters. The third-order valence-corrected chi connectivity index (χ3v) is 7.58. The minimum atomic E-state index is -4.47. The van der Waals surface area contributed by atoms with Gasteiger partial charge in [0.1, 0.15) is 0 Å². The Morgan fingerprint density at radius 2 is 1.58 bits per heavy atom. The first kappa shape index (κ1) is 20.0. The van der Waals surface area contributed by atoms with Crippen molar-refractivity contribution in [1.82, 2.24) is 0 Å². The molecule has 0 N–H and O–H groups in total. The summed E-state index contributed by atoms with van der Waals surface area (Å²) in [5.74, 6) is 1.54. The fourth-order valence-electron chi connectivity index (χ4n) is 4.13. The maximum absolute atomic E-state index is 12.2. The van der Waals surface area contributed by atoms with E-state index in [1.54, 1.807) is 0 Å². The predicted molar refractivity (Wildman–Crippen MR) is 93.2 cm³/mol. The number of hydrogen-bond acceptors (Lipinski definition) is 1. The van der Waals surface area contributed by atoms with E-state index >= 15 is 0 Å². The van der Waals surface area contributed by atoms with Gasteiger partial charge in [-0.15, -0.1) is 13.2 Å². The van der Waals surface area contributed by atoms with Crippen LogP contribution in [0.3, 0.4) is 0 Å². The zero-order valence-corrected chi connectivity index (χ0v) is 15.8. The number of hydrogen-bond donors (Lipinski definition) is 0. The number of rotatable bonds is 7. The summed E-state index contributed by atoms with van der Waals surface area (Å²) in [5, 5.41) is 0. The third kappa shape index (κ3) is 7.73. The molecule has 5 heteroatoms. The molecular weight excluding hydrogens is 329 g/mol. The highest BCUT2D eigenvalue weighted by molar-refractivity contribution is 6.37. The molecule has 0 atom stereocenters. The lowest BCUT2D eigenvalue weighted by Gasteiger charge is -2.31. The van der Waals surface area contributed by atoms with Crippen molar-refractivity contribution in [3.63, 3.8) is 0 Å². The number of allylic oxidation sites excluding steroid dienone is 2. The zero-order chi connectivity index (χ0) is 17.4. The molecule has 0 amide bonds. The highest BCUT2D eigenvalue weighted by Gasteiger charge is 2.35. The van der Waals surface area contributed by atoms with E-state index in [0.717, 1.165) is 33.8 Å². The first-order chi connectivity index (χ1) is 11.5. The molecule has 0 aromatic heterocycles. The van der Waals surface area contributed by atoms with Gasteiger partial charge in [0.25, 0.3) is 0 Å². The standard InChI is InChI=1S/C19H31F3OSi/c1-2-3-4-5-15-8-12-18(13-9-15)24-14-16-6-10-17(11-7-16)23-19(20,21)22/h2-3,15-18H,4-14H2,1H3/b3-2+. The molecule has 0 aromatic carbocycles. The summed E-state index contributed by atoms with van der Waals surface area (Å²) in [7, 11) is 1.01. The lowest BCUT2D eigenvalue weighted by molar-refractivity contribution is -0.345. The van der Waals surface area contributed by atoms with Gasteiger partial charge in [0.2, 0.25) is 0 Å². The molecule has 2 radical (unpaired) electrons. The molecule has 2 fully saturated rings. The Kier molecular flexibility index (Phi) is 8.34. The van der Waals surface area contributed by atoms with Gasteiger partial charge < -0.3 is 0 Å². The quantitative estimate of drug-likeness (QED) is 0.370. The minimum Gasteiger partial charge on any atom is -0.289 e. The Balaban J connectivity index is 1.55. The van der Waals surface area contributed by atoms with Gasteiger partial charge >= 0.3 is 6.36 Å². The van der Waals surface area contributed by atoms with E-state index in [9.17, 15) is 13.2 Å². The molecule has 138 valence electrons. The first-order valence-corrected chi connectivity index (χ1v) is 10.8. The van der Waals surface area contributed by atoms with Crippen LogP contribution in [0, 0.1) is 11.8 Å². The van der Waals surface area contributed by atoms with Crippen molar-refractivity contribution in [3.8, 4) is 0 Å². The monoisotopic (exact) mass is 360 g/mol. The fraction of sp³-hybridized carbons (Fsp3) is 0.895. The predicted octanol–water partition coefficient (Wildman–Crippen LogP) is 6.54. The Morgan fingerprint density at radius 3 is 2.17 bits per heavy atom. The van der Waals surface area contributed by atoms with E-state index in [1.807, 2.05) is 0 Å². The second-order valence-corrected chi connectivity index (χ2v) is 9.11. The van der Waals surface area contributed by atoms with Crippen LogP contribution in [0.4, 0.5) is 13.2 Å². The molecule has 0 bridgehead atoms. The van der Waals surface area contributed by atoms with Crippen molar-refractivity contribution in [2.45, 2.75) is 95.2 Å². The van der Waals surface area contributed by atoms with Crippen molar-refractivity contribution in [3.05, 3.63) is 12.2 Å². The highest BCUT2D eigenvalue weighted by atomic mass is 28.2. The van der Waals surface area contributed by atoms with E-state index in [1.165, 1.54) is 44.6 Å². The Labute approximate surface area is 147 Å². The van der Waals surface area contributed by atoms with Crippen LogP contribution in [-0.4, -0.2) is 22.0 Å². The lowest BCUT2D eigenvalue weighted by Crippen LogP contribution is -2.28. The summed E-state index contributed by atoms with van der Waals surface area (Å²) in [4.78, 5) is 0. The molecular formula is C19H31F3OSi. The normalized spacial score (nSPS) is 32.3. The maximum Gasteiger partial charge on any atom is 0.522 e. The molecule has 2 rings (SSSR count). The van der Waals surface area contributed by atoms with Gasteiger partial charge in [-0.2, -0.15) is 0 Å². The lowest BCUT2D eigenvalue weighted by atomic mass is 9.85. The maximum atomic E-state index is 12.2. The van der Waals surface area contributed by atoms with Crippen molar-refractivity contribution in [2.24, 2.45) is 11.8 Å². The summed E-state index contributed by atoms with van der Waals surface area (Å²) in [5.41, 5.74) is 0.882. The van der Waals surface area contributed by atoms with E-state index in [4.69, 9.17) is 0 Å². The molecule has 24 heavy (non-hydrogen) atoms. The summed E-state index contributed by atoms with van der Waals surface area (Å²) in [6.45, 7) is 2.08. The molecule has 2 aliphatic carbocycles. The molecule has 2 aliphatic rings. The molecule has 1 nitrogen and oxygen atoms in total. The SMILES string of the molecule is C/C=C/CCC1CCC([Si]CC2CCC(OC(F)(F)F)CC2)CC1. The van der Waals surface area contributed by atoms with Gasteiger partial charge in [-0.25, -0.2) is 0 Å².